The molecule has 15 heteroatoms. The molecule has 0 radical (unpaired) electrons. The first kappa shape index (κ1) is 29.5. The standard InChI is InChI=1S/C26H23Cl2N7O6/c1-14(24-17(27)9-30-10-18(24)28)41-20-6-22(31-8-16(20)7-29)33-26(38)34-25-21(39-2)5-15(19(12-36)32-25)11-35-3-4-40-13-23(35)37/h5-6,8-10,12,14H,3-4,11,13H2,1-2H3,(H2,31,32,33,34,38)/t14-/m1/s1. The first-order valence-corrected chi connectivity index (χ1v) is 12.8. The summed E-state index contributed by atoms with van der Waals surface area (Å²) in [6, 6.07) is 4.11. The number of urea groups is 1. The number of hydrogen-bond donors (Lipinski definition) is 2. The summed E-state index contributed by atoms with van der Waals surface area (Å²) in [5.74, 6) is 0.0826. The Balaban J connectivity index is 1.51. The van der Waals surface area contributed by atoms with Crippen molar-refractivity contribution in [1.29, 1.82) is 5.26 Å². The van der Waals surface area contributed by atoms with Gasteiger partial charge in [-0.2, -0.15) is 5.26 Å². The maximum atomic E-state index is 12.8. The van der Waals surface area contributed by atoms with Crippen LogP contribution in [0, 0.1) is 11.3 Å². The van der Waals surface area contributed by atoms with Crippen LogP contribution < -0.4 is 20.1 Å². The molecule has 2 N–H and O–H groups in total. The van der Waals surface area contributed by atoms with E-state index in [1.165, 1.54) is 37.8 Å². The molecule has 3 aromatic rings. The molecule has 13 nitrogen and oxygen atoms in total. The van der Waals surface area contributed by atoms with Crippen LogP contribution in [0.3, 0.4) is 0 Å². The molecule has 0 saturated carbocycles. The van der Waals surface area contributed by atoms with Gasteiger partial charge in [-0.15, -0.1) is 0 Å². The maximum Gasteiger partial charge on any atom is 0.326 e. The summed E-state index contributed by atoms with van der Waals surface area (Å²) < 4.78 is 16.4. The zero-order chi connectivity index (χ0) is 29.5. The molecular weight excluding hydrogens is 577 g/mol. The molecule has 0 unspecified atom stereocenters. The lowest BCUT2D eigenvalue weighted by Gasteiger charge is -2.27. The molecule has 0 aromatic carbocycles. The molecule has 0 spiro atoms. The minimum Gasteiger partial charge on any atom is -0.493 e. The number of anilines is 2. The van der Waals surface area contributed by atoms with Gasteiger partial charge in [0.2, 0.25) is 5.91 Å². The molecule has 3 aromatic heterocycles. The van der Waals surface area contributed by atoms with Crippen LogP contribution in [0.4, 0.5) is 16.4 Å². The largest absolute Gasteiger partial charge is 0.493 e. The Morgan fingerprint density at radius 2 is 2.00 bits per heavy atom. The van der Waals surface area contributed by atoms with E-state index in [1.807, 2.05) is 6.07 Å². The van der Waals surface area contributed by atoms with E-state index in [9.17, 15) is 19.6 Å². The number of pyridine rings is 3. The SMILES string of the molecule is COc1cc(CN2CCOCC2=O)c(C=O)nc1NC(=O)Nc1cc(O[C@H](C)c2c(Cl)cncc2Cl)c(C#N)cn1. The summed E-state index contributed by atoms with van der Waals surface area (Å²) >= 11 is 12.4. The van der Waals surface area contributed by atoms with Crippen LogP contribution in [0.1, 0.15) is 40.2 Å². The fraction of sp³-hybridized carbons (Fsp3) is 0.269. The second kappa shape index (κ2) is 13.2. The number of carbonyl (C=O) groups excluding carboxylic acids is 3. The highest BCUT2D eigenvalue weighted by Crippen LogP contribution is 2.34. The highest BCUT2D eigenvalue weighted by atomic mass is 35.5. The van der Waals surface area contributed by atoms with Gasteiger partial charge < -0.3 is 19.1 Å². The Labute approximate surface area is 244 Å². The van der Waals surface area contributed by atoms with Crippen molar-refractivity contribution in [2.24, 2.45) is 0 Å². The molecule has 4 heterocycles. The van der Waals surface area contributed by atoms with Crippen molar-refractivity contribution in [3.63, 3.8) is 0 Å². The van der Waals surface area contributed by atoms with Crippen LogP contribution in [0.25, 0.3) is 0 Å². The second-order valence-corrected chi connectivity index (χ2v) is 9.42. The third-order valence-corrected chi connectivity index (χ3v) is 6.54. The molecule has 1 fully saturated rings. The molecule has 4 rings (SSSR count). The zero-order valence-corrected chi connectivity index (χ0v) is 23.3. The van der Waals surface area contributed by atoms with Gasteiger partial charge in [0.25, 0.3) is 0 Å². The molecule has 1 atom stereocenters. The average molecular weight is 600 g/mol. The Morgan fingerprint density at radius 3 is 2.66 bits per heavy atom. The number of nitriles is 1. The number of aromatic nitrogens is 3. The third kappa shape index (κ3) is 6.98. The van der Waals surface area contributed by atoms with Crippen LogP contribution in [-0.4, -0.2) is 64.9 Å². The number of nitrogens with one attached hydrogen (secondary N) is 2. The highest BCUT2D eigenvalue weighted by molar-refractivity contribution is 6.35. The highest BCUT2D eigenvalue weighted by Gasteiger charge is 2.23. The van der Waals surface area contributed by atoms with E-state index >= 15 is 0 Å². The van der Waals surface area contributed by atoms with Crippen molar-refractivity contribution >= 4 is 53.1 Å². The minimum absolute atomic E-state index is 0.0231. The third-order valence-electron chi connectivity index (χ3n) is 5.94. The summed E-state index contributed by atoms with van der Waals surface area (Å²) in [5, 5.41) is 15.1. The first-order chi connectivity index (χ1) is 19.7. The van der Waals surface area contributed by atoms with Crippen molar-refractivity contribution in [1.82, 2.24) is 19.9 Å². The van der Waals surface area contributed by atoms with Gasteiger partial charge in [-0.1, -0.05) is 23.2 Å². The topological polar surface area (TPSA) is 169 Å². The number of amides is 3. The number of carbonyl (C=O) groups is 3. The number of ether oxygens (including phenoxy) is 3. The number of nitrogens with zero attached hydrogens (tertiary/aromatic N) is 5. The molecular formula is C26H23Cl2N7O6. The van der Waals surface area contributed by atoms with Gasteiger partial charge in [0.15, 0.2) is 17.9 Å². The van der Waals surface area contributed by atoms with Gasteiger partial charge in [-0.25, -0.2) is 14.8 Å². The Morgan fingerprint density at radius 1 is 1.24 bits per heavy atom. The van der Waals surface area contributed by atoms with Crippen molar-refractivity contribution < 1.29 is 28.6 Å². The van der Waals surface area contributed by atoms with E-state index < -0.39 is 12.1 Å². The predicted octanol–water partition coefficient (Wildman–Crippen LogP) is 4.01. The van der Waals surface area contributed by atoms with Gasteiger partial charge >= 0.3 is 6.03 Å². The second-order valence-electron chi connectivity index (χ2n) is 8.60. The zero-order valence-electron chi connectivity index (χ0n) is 21.8. The smallest absolute Gasteiger partial charge is 0.326 e. The number of rotatable bonds is 9. The van der Waals surface area contributed by atoms with Gasteiger partial charge in [-0.3, -0.25) is 25.2 Å². The summed E-state index contributed by atoms with van der Waals surface area (Å²) in [7, 11) is 1.37. The number of aldehydes is 1. The normalized spacial score (nSPS) is 13.6. The summed E-state index contributed by atoms with van der Waals surface area (Å²) in [6.45, 7) is 2.52. The van der Waals surface area contributed by atoms with Crippen molar-refractivity contribution in [3.05, 3.63) is 63.2 Å². The Kier molecular flexibility index (Phi) is 9.51. The average Bonchev–Trinajstić information content (AvgIpc) is 2.94. The van der Waals surface area contributed by atoms with E-state index in [0.29, 0.717) is 30.6 Å². The van der Waals surface area contributed by atoms with Crippen molar-refractivity contribution in [2.45, 2.75) is 19.6 Å². The Bertz CT molecular complexity index is 1510. The molecule has 3 amide bonds. The van der Waals surface area contributed by atoms with Gasteiger partial charge in [0.05, 0.1) is 30.0 Å². The summed E-state index contributed by atoms with van der Waals surface area (Å²) in [4.78, 5) is 50.5. The van der Waals surface area contributed by atoms with E-state index in [1.54, 1.807) is 11.8 Å². The van der Waals surface area contributed by atoms with E-state index in [4.69, 9.17) is 37.4 Å². The van der Waals surface area contributed by atoms with Crippen LogP contribution >= 0.6 is 23.2 Å². The molecule has 0 bridgehead atoms. The molecule has 1 aliphatic rings. The molecule has 1 aliphatic heterocycles. The molecule has 212 valence electrons. The number of morpholine rings is 1. The van der Waals surface area contributed by atoms with Gasteiger partial charge in [0, 0.05) is 42.7 Å². The summed E-state index contributed by atoms with van der Waals surface area (Å²) in [6.07, 6.45) is 3.93. The number of hydrogen-bond acceptors (Lipinski definition) is 10. The molecule has 1 saturated heterocycles. The van der Waals surface area contributed by atoms with Crippen molar-refractivity contribution in [2.75, 3.05) is 37.5 Å². The fourth-order valence-corrected chi connectivity index (χ4v) is 4.62. The predicted molar refractivity (Wildman–Crippen MR) is 147 cm³/mol. The van der Waals surface area contributed by atoms with Crippen LogP contribution in [0.5, 0.6) is 11.5 Å². The monoisotopic (exact) mass is 599 g/mol. The molecule has 41 heavy (non-hydrogen) atoms. The Hall–Kier alpha value is -4.51. The lowest BCUT2D eigenvalue weighted by molar-refractivity contribution is -0.143. The van der Waals surface area contributed by atoms with E-state index in [0.717, 1.165) is 0 Å². The molecule has 0 aliphatic carbocycles. The quantitative estimate of drug-likeness (QED) is 0.342. The lowest BCUT2D eigenvalue weighted by atomic mass is 10.1. The van der Waals surface area contributed by atoms with Crippen LogP contribution in [-0.2, 0) is 16.1 Å². The van der Waals surface area contributed by atoms with Crippen LogP contribution in [0.15, 0.2) is 30.7 Å². The summed E-state index contributed by atoms with van der Waals surface area (Å²) in [5.41, 5.74) is 1.05. The maximum absolute atomic E-state index is 12.8. The van der Waals surface area contributed by atoms with Gasteiger partial charge in [-0.05, 0) is 13.0 Å². The van der Waals surface area contributed by atoms with E-state index in [2.05, 4.69) is 25.6 Å². The van der Waals surface area contributed by atoms with E-state index in [-0.39, 0.29) is 63.5 Å². The number of methoxy groups -OCH3 is 1. The van der Waals surface area contributed by atoms with Crippen molar-refractivity contribution in [3.8, 4) is 17.6 Å². The lowest BCUT2D eigenvalue weighted by Crippen LogP contribution is -2.41. The minimum atomic E-state index is -0.764. The van der Waals surface area contributed by atoms with Crippen LogP contribution in [0.2, 0.25) is 10.0 Å². The van der Waals surface area contributed by atoms with Gasteiger partial charge in [0.1, 0.15) is 41.6 Å². The first-order valence-electron chi connectivity index (χ1n) is 12.1. The fourth-order valence-electron chi connectivity index (χ4n) is 3.95. The number of halogens is 2.